The number of ether oxygens (including phenoxy) is 2. The summed E-state index contributed by atoms with van der Waals surface area (Å²) in [7, 11) is 0. The number of hydrogen-bond acceptors (Lipinski definition) is 6. The van der Waals surface area contributed by atoms with E-state index in [4.69, 9.17) is 9.47 Å². The smallest absolute Gasteiger partial charge is 0.350 e. The predicted octanol–water partition coefficient (Wildman–Crippen LogP) is 3.91. The minimum atomic E-state index is -0.616. The Morgan fingerprint density at radius 1 is 1.05 bits per heavy atom. The topological polar surface area (TPSA) is 69.6 Å². The molecule has 0 saturated carbocycles. The van der Waals surface area contributed by atoms with Crippen molar-refractivity contribution in [2.24, 2.45) is 4.99 Å². The third-order valence-electron chi connectivity index (χ3n) is 7.52. The third-order valence-corrected chi connectivity index (χ3v) is 7.52. The van der Waals surface area contributed by atoms with Crippen molar-refractivity contribution in [3.8, 4) is 5.75 Å². The van der Waals surface area contributed by atoms with Gasteiger partial charge in [0.25, 0.3) is 0 Å². The second-order valence-corrected chi connectivity index (χ2v) is 10.6. The van der Waals surface area contributed by atoms with Crippen LogP contribution < -0.4 is 15.0 Å². The lowest BCUT2D eigenvalue weighted by Crippen LogP contribution is -2.61. The van der Waals surface area contributed by atoms with Gasteiger partial charge in [0.15, 0.2) is 0 Å². The predicted molar refractivity (Wildman–Crippen MR) is 146 cm³/mol. The van der Waals surface area contributed by atoms with Gasteiger partial charge in [0, 0.05) is 51.5 Å². The van der Waals surface area contributed by atoms with E-state index in [9.17, 15) is 9.18 Å². The van der Waals surface area contributed by atoms with Crippen molar-refractivity contribution in [3.05, 3.63) is 59.9 Å². The average Bonchev–Trinajstić information content (AvgIpc) is 3.16. The Balaban J connectivity index is 1.30. The maximum Gasteiger partial charge on any atom is 0.350 e. The number of benzene rings is 2. The molecule has 38 heavy (non-hydrogen) atoms. The summed E-state index contributed by atoms with van der Waals surface area (Å²) in [6.45, 7) is 11.3. The fourth-order valence-corrected chi connectivity index (χ4v) is 5.66. The highest BCUT2D eigenvalue weighted by Gasteiger charge is 2.51. The Labute approximate surface area is 224 Å². The fourth-order valence-electron chi connectivity index (χ4n) is 5.66. The number of amidine groups is 1. The summed E-state index contributed by atoms with van der Waals surface area (Å²) in [6.07, 6.45) is 1.55. The zero-order chi connectivity index (χ0) is 26.5. The van der Waals surface area contributed by atoms with Crippen LogP contribution in [-0.2, 0) is 11.3 Å². The molecule has 2 saturated heterocycles. The van der Waals surface area contributed by atoms with Gasteiger partial charge in [-0.05, 0) is 62.6 Å². The first kappa shape index (κ1) is 26.6. The van der Waals surface area contributed by atoms with Crippen LogP contribution in [0, 0.1) is 5.82 Å². The normalized spacial score (nSPS) is 20.3. The van der Waals surface area contributed by atoms with Crippen LogP contribution >= 0.6 is 0 Å². The van der Waals surface area contributed by atoms with Crippen LogP contribution in [0.3, 0.4) is 0 Å². The lowest BCUT2D eigenvalue weighted by atomic mass is 9.84. The Bertz CT molecular complexity index is 1140. The lowest BCUT2D eigenvalue weighted by Gasteiger charge is -2.45. The van der Waals surface area contributed by atoms with Crippen LogP contribution in [-0.4, -0.2) is 85.8 Å². The number of morpholine rings is 1. The first-order chi connectivity index (χ1) is 18.4. The molecule has 5 rings (SSSR count). The van der Waals surface area contributed by atoms with E-state index in [2.05, 4.69) is 32.2 Å². The van der Waals surface area contributed by atoms with Crippen molar-refractivity contribution in [1.29, 1.82) is 0 Å². The van der Waals surface area contributed by atoms with E-state index < -0.39 is 5.54 Å². The van der Waals surface area contributed by atoms with E-state index in [1.807, 2.05) is 26.0 Å². The van der Waals surface area contributed by atoms with E-state index in [-0.39, 0.29) is 18.0 Å². The molecule has 0 bridgehead atoms. The van der Waals surface area contributed by atoms with Crippen LogP contribution in [0.25, 0.3) is 0 Å². The quantitative estimate of drug-likeness (QED) is 0.566. The molecule has 2 aromatic rings. The minimum absolute atomic E-state index is 0.127. The lowest BCUT2D eigenvalue weighted by molar-refractivity contribution is 0.0389. The molecule has 8 nitrogen and oxygen atoms in total. The SMILES string of the molecule is CC(C)Oc1cccc(CN2CCC3(CC2)C(NCCN2CCOCC2)=NC(=O)N3c2cccc(F)c2)c1. The van der Waals surface area contributed by atoms with Gasteiger partial charge in [-0.3, -0.25) is 14.7 Å². The van der Waals surface area contributed by atoms with E-state index in [1.54, 1.807) is 17.0 Å². The summed E-state index contributed by atoms with van der Waals surface area (Å²) in [4.78, 5) is 24.2. The van der Waals surface area contributed by atoms with Crippen molar-refractivity contribution in [3.63, 3.8) is 0 Å². The molecular weight excluding hydrogens is 485 g/mol. The minimum Gasteiger partial charge on any atom is -0.491 e. The molecule has 0 aliphatic carbocycles. The number of amides is 2. The van der Waals surface area contributed by atoms with Crippen molar-refractivity contribution in [2.45, 2.75) is 44.9 Å². The molecule has 2 fully saturated rings. The molecule has 3 aliphatic heterocycles. The van der Waals surface area contributed by atoms with Crippen LogP contribution in [0.15, 0.2) is 53.5 Å². The zero-order valence-electron chi connectivity index (χ0n) is 22.4. The molecule has 2 amide bonds. The monoisotopic (exact) mass is 523 g/mol. The number of halogens is 1. The number of rotatable bonds is 8. The number of nitrogens with zero attached hydrogens (tertiary/aromatic N) is 4. The number of nitrogens with one attached hydrogen (secondary N) is 1. The number of carbonyl (C=O) groups is 1. The van der Waals surface area contributed by atoms with E-state index >= 15 is 0 Å². The average molecular weight is 524 g/mol. The van der Waals surface area contributed by atoms with Crippen LogP contribution in [0.5, 0.6) is 5.75 Å². The molecule has 1 N–H and O–H groups in total. The number of hydrogen-bond donors (Lipinski definition) is 1. The highest BCUT2D eigenvalue weighted by molar-refractivity contribution is 6.16. The van der Waals surface area contributed by atoms with Gasteiger partial charge in [0.05, 0.1) is 19.3 Å². The molecule has 9 heteroatoms. The van der Waals surface area contributed by atoms with Crippen LogP contribution in [0.1, 0.15) is 32.3 Å². The molecule has 0 radical (unpaired) electrons. The molecule has 3 aliphatic rings. The number of piperidine rings is 1. The van der Waals surface area contributed by atoms with Gasteiger partial charge >= 0.3 is 6.03 Å². The van der Waals surface area contributed by atoms with E-state index in [1.165, 1.54) is 17.7 Å². The second-order valence-electron chi connectivity index (χ2n) is 10.6. The van der Waals surface area contributed by atoms with E-state index in [0.717, 1.165) is 58.2 Å². The standard InChI is InChI=1S/C29H38FN5O3/c1-22(2)38-26-8-3-5-23(19-26)21-34-12-9-29(10-13-34)27(31-11-14-33-15-17-37-18-16-33)32-28(36)35(29)25-7-4-6-24(30)20-25/h3-8,19-20,22H,9-18,21H2,1-2H3,(H,31,32,36). The molecule has 3 heterocycles. The molecule has 2 aromatic carbocycles. The van der Waals surface area contributed by atoms with Gasteiger partial charge in [-0.15, -0.1) is 0 Å². The highest BCUT2D eigenvalue weighted by Crippen LogP contribution is 2.39. The second kappa shape index (κ2) is 11.8. The zero-order valence-corrected chi connectivity index (χ0v) is 22.4. The maximum absolute atomic E-state index is 14.2. The van der Waals surface area contributed by atoms with Crippen molar-refractivity contribution in [2.75, 3.05) is 57.4 Å². The highest BCUT2D eigenvalue weighted by atomic mass is 19.1. The Morgan fingerprint density at radius 3 is 2.55 bits per heavy atom. The van der Waals surface area contributed by atoms with Crippen LogP contribution in [0.4, 0.5) is 14.9 Å². The van der Waals surface area contributed by atoms with Crippen LogP contribution in [0.2, 0.25) is 0 Å². The maximum atomic E-state index is 14.2. The summed E-state index contributed by atoms with van der Waals surface area (Å²) in [5, 5.41) is 3.50. The number of aliphatic imine (C=N–C) groups is 1. The molecule has 0 atom stereocenters. The molecule has 1 spiro atoms. The van der Waals surface area contributed by atoms with Crippen molar-refractivity contribution < 1.29 is 18.7 Å². The Hall–Kier alpha value is -3.01. The molecule has 204 valence electrons. The Morgan fingerprint density at radius 2 is 1.82 bits per heavy atom. The first-order valence-corrected chi connectivity index (χ1v) is 13.6. The molecule has 0 aromatic heterocycles. The summed E-state index contributed by atoms with van der Waals surface area (Å²) in [5.74, 6) is 1.22. The largest absolute Gasteiger partial charge is 0.491 e. The summed E-state index contributed by atoms with van der Waals surface area (Å²) in [5.41, 5.74) is 1.13. The Kier molecular flexibility index (Phi) is 8.26. The molecule has 0 unspecified atom stereocenters. The summed E-state index contributed by atoms with van der Waals surface area (Å²) >= 11 is 0. The number of likely N-dealkylation sites (tertiary alicyclic amines) is 1. The van der Waals surface area contributed by atoms with Gasteiger partial charge in [0.2, 0.25) is 0 Å². The summed E-state index contributed by atoms with van der Waals surface area (Å²) < 4.78 is 25.5. The molecular formula is C29H38FN5O3. The summed E-state index contributed by atoms with van der Waals surface area (Å²) in [6, 6.07) is 14.2. The number of carbonyl (C=O) groups excluding carboxylic acids is 1. The van der Waals surface area contributed by atoms with Crippen molar-refractivity contribution >= 4 is 17.6 Å². The first-order valence-electron chi connectivity index (χ1n) is 13.6. The van der Waals surface area contributed by atoms with E-state index in [0.29, 0.717) is 30.9 Å². The van der Waals surface area contributed by atoms with Gasteiger partial charge in [-0.1, -0.05) is 18.2 Å². The van der Waals surface area contributed by atoms with Gasteiger partial charge in [-0.2, -0.15) is 4.99 Å². The van der Waals surface area contributed by atoms with Crippen molar-refractivity contribution in [1.82, 2.24) is 15.1 Å². The fraction of sp³-hybridized carbons (Fsp3) is 0.517. The van der Waals surface area contributed by atoms with Gasteiger partial charge in [-0.25, -0.2) is 9.18 Å². The number of urea groups is 1. The number of anilines is 1. The van der Waals surface area contributed by atoms with Gasteiger partial charge in [0.1, 0.15) is 22.9 Å². The van der Waals surface area contributed by atoms with Gasteiger partial charge < -0.3 is 14.8 Å². The third kappa shape index (κ3) is 6.00.